The molecule has 0 saturated carbocycles. The molecule has 2 aromatic heterocycles. The molecular formula is C19H14ClFN4O. The van der Waals surface area contributed by atoms with Gasteiger partial charge in [-0.05, 0) is 36.4 Å². The maximum absolute atomic E-state index is 13.8. The van der Waals surface area contributed by atoms with Crippen LogP contribution in [0.15, 0.2) is 55.0 Å². The molecule has 0 bridgehead atoms. The van der Waals surface area contributed by atoms with Crippen molar-refractivity contribution in [1.82, 2.24) is 19.7 Å². The van der Waals surface area contributed by atoms with Gasteiger partial charge in [-0.2, -0.15) is 5.10 Å². The minimum Gasteiger partial charge on any atom is -0.494 e. The third kappa shape index (κ3) is 3.11. The Balaban J connectivity index is 1.58. The largest absolute Gasteiger partial charge is 0.494 e. The molecule has 0 fully saturated rings. The van der Waals surface area contributed by atoms with E-state index in [1.807, 2.05) is 22.9 Å². The Morgan fingerprint density at radius 1 is 1.08 bits per heavy atom. The lowest BCUT2D eigenvalue weighted by Gasteiger charge is -2.06. The number of nitrogens with zero attached hydrogens (tertiary/aromatic N) is 4. The molecule has 26 heavy (non-hydrogen) atoms. The van der Waals surface area contributed by atoms with E-state index in [-0.39, 0.29) is 5.75 Å². The maximum Gasteiger partial charge on any atom is 0.165 e. The van der Waals surface area contributed by atoms with Crippen LogP contribution in [0.1, 0.15) is 5.69 Å². The van der Waals surface area contributed by atoms with Gasteiger partial charge in [0.1, 0.15) is 0 Å². The molecular weight excluding hydrogens is 355 g/mol. The van der Waals surface area contributed by atoms with Gasteiger partial charge in [-0.3, -0.25) is 14.6 Å². The molecule has 4 aromatic rings. The minimum atomic E-state index is -0.433. The topological polar surface area (TPSA) is 52.8 Å². The second-order valence-electron chi connectivity index (χ2n) is 5.75. The Morgan fingerprint density at radius 3 is 2.69 bits per heavy atom. The molecule has 0 radical (unpaired) electrons. The van der Waals surface area contributed by atoms with E-state index in [4.69, 9.17) is 16.3 Å². The summed E-state index contributed by atoms with van der Waals surface area (Å²) in [4.78, 5) is 8.81. The van der Waals surface area contributed by atoms with Gasteiger partial charge in [0, 0.05) is 16.0 Å². The van der Waals surface area contributed by atoms with Crippen LogP contribution in [0.5, 0.6) is 5.75 Å². The highest BCUT2D eigenvalue weighted by Crippen LogP contribution is 2.24. The SMILES string of the molecule is COc1ccc(-c2cnc(Cn3ncc4cc(Cl)ccc43)cn2)cc1F. The second-order valence-corrected chi connectivity index (χ2v) is 6.18. The molecule has 4 rings (SSSR count). The summed E-state index contributed by atoms with van der Waals surface area (Å²) in [7, 11) is 1.43. The molecule has 0 aliphatic rings. The van der Waals surface area contributed by atoms with Gasteiger partial charge in [-0.1, -0.05) is 11.6 Å². The lowest BCUT2D eigenvalue weighted by atomic mass is 10.1. The van der Waals surface area contributed by atoms with Gasteiger partial charge in [0.2, 0.25) is 0 Å². The molecule has 0 saturated heterocycles. The summed E-state index contributed by atoms with van der Waals surface area (Å²) in [6, 6.07) is 10.3. The molecule has 7 heteroatoms. The van der Waals surface area contributed by atoms with Crippen molar-refractivity contribution in [2.45, 2.75) is 6.54 Å². The number of halogens is 2. The van der Waals surface area contributed by atoms with E-state index in [2.05, 4.69) is 15.1 Å². The van der Waals surface area contributed by atoms with Crippen LogP contribution in [0, 0.1) is 5.82 Å². The van der Waals surface area contributed by atoms with Crippen LogP contribution in [0.2, 0.25) is 5.02 Å². The van der Waals surface area contributed by atoms with Crippen LogP contribution in [0.25, 0.3) is 22.2 Å². The van der Waals surface area contributed by atoms with Crippen LogP contribution in [-0.2, 0) is 6.54 Å². The molecule has 0 aliphatic heterocycles. The maximum atomic E-state index is 13.8. The van der Waals surface area contributed by atoms with E-state index >= 15 is 0 Å². The number of fused-ring (bicyclic) bond motifs is 1. The molecule has 0 unspecified atom stereocenters. The summed E-state index contributed by atoms with van der Waals surface area (Å²) >= 11 is 6.00. The summed E-state index contributed by atoms with van der Waals surface area (Å²) in [5.74, 6) is -0.235. The second kappa shape index (κ2) is 6.72. The van der Waals surface area contributed by atoms with Crippen molar-refractivity contribution in [3.05, 3.63) is 71.5 Å². The predicted octanol–water partition coefficient (Wildman–Crippen LogP) is 4.34. The number of hydrogen-bond donors (Lipinski definition) is 0. The number of rotatable bonds is 4. The van der Waals surface area contributed by atoms with Crippen molar-refractivity contribution in [2.75, 3.05) is 7.11 Å². The normalized spacial score (nSPS) is 11.0. The first kappa shape index (κ1) is 16.5. The highest BCUT2D eigenvalue weighted by Gasteiger charge is 2.08. The van der Waals surface area contributed by atoms with Gasteiger partial charge in [-0.15, -0.1) is 0 Å². The van der Waals surface area contributed by atoms with Gasteiger partial charge in [0.25, 0.3) is 0 Å². The Hall–Kier alpha value is -2.99. The van der Waals surface area contributed by atoms with E-state index < -0.39 is 5.82 Å². The van der Waals surface area contributed by atoms with Crippen molar-refractivity contribution in [1.29, 1.82) is 0 Å². The Kier molecular flexibility index (Phi) is 4.26. The van der Waals surface area contributed by atoms with Crippen LogP contribution in [-0.4, -0.2) is 26.9 Å². The quantitative estimate of drug-likeness (QED) is 0.537. The fraction of sp³-hybridized carbons (Fsp3) is 0.105. The highest BCUT2D eigenvalue weighted by molar-refractivity contribution is 6.31. The predicted molar refractivity (Wildman–Crippen MR) is 97.8 cm³/mol. The third-order valence-electron chi connectivity index (χ3n) is 4.07. The average Bonchev–Trinajstić information content (AvgIpc) is 3.04. The smallest absolute Gasteiger partial charge is 0.165 e. The Morgan fingerprint density at radius 2 is 1.96 bits per heavy atom. The van der Waals surface area contributed by atoms with Crippen molar-refractivity contribution < 1.29 is 9.13 Å². The van der Waals surface area contributed by atoms with Gasteiger partial charge >= 0.3 is 0 Å². The molecule has 5 nitrogen and oxygen atoms in total. The van der Waals surface area contributed by atoms with Gasteiger partial charge in [0.05, 0.1) is 49.1 Å². The van der Waals surface area contributed by atoms with Crippen LogP contribution in [0.3, 0.4) is 0 Å². The van der Waals surface area contributed by atoms with E-state index in [1.165, 1.54) is 13.2 Å². The Labute approximate surface area is 154 Å². The van der Waals surface area contributed by atoms with Gasteiger partial charge < -0.3 is 4.74 Å². The van der Waals surface area contributed by atoms with E-state index in [0.717, 1.165) is 16.6 Å². The monoisotopic (exact) mass is 368 g/mol. The third-order valence-corrected chi connectivity index (χ3v) is 4.30. The zero-order valence-electron chi connectivity index (χ0n) is 13.9. The molecule has 0 N–H and O–H groups in total. The summed E-state index contributed by atoms with van der Waals surface area (Å²) in [6.45, 7) is 0.482. The van der Waals surface area contributed by atoms with Crippen molar-refractivity contribution in [2.24, 2.45) is 0 Å². The Bertz CT molecular complexity index is 1080. The van der Waals surface area contributed by atoms with Crippen LogP contribution in [0.4, 0.5) is 4.39 Å². The highest BCUT2D eigenvalue weighted by atomic mass is 35.5. The lowest BCUT2D eigenvalue weighted by molar-refractivity contribution is 0.386. The standard InChI is InChI=1S/C19H14ClFN4O/c1-26-19-5-2-12(7-16(19)21)17-10-22-15(9-23-17)11-25-18-4-3-14(20)6-13(18)8-24-25/h2-10H,11H2,1H3. The number of hydrogen-bond acceptors (Lipinski definition) is 4. The number of benzene rings is 2. The summed E-state index contributed by atoms with van der Waals surface area (Å²) < 4.78 is 20.6. The molecule has 0 spiro atoms. The first-order valence-corrected chi connectivity index (χ1v) is 8.28. The zero-order chi connectivity index (χ0) is 18.1. The number of aromatic nitrogens is 4. The van der Waals surface area contributed by atoms with Crippen molar-refractivity contribution in [3.63, 3.8) is 0 Å². The van der Waals surface area contributed by atoms with Crippen LogP contribution < -0.4 is 4.74 Å². The van der Waals surface area contributed by atoms with E-state index in [9.17, 15) is 4.39 Å². The molecule has 0 amide bonds. The molecule has 2 aromatic carbocycles. The van der Waals surface area contributed by atoms with E-state index in [0.29, 0.717) is 22.8 Å². The first-order chi connectivity index (χ1) is 12.6. The molecule has 2 heterocycles. The van der Waals surface area contributed by atoms with Gasteiger partial charge in [-0.25, -0.2) is 4.39 Å². The zero-order valence-corrected chi connectivity index (χ0v) is 14.6. The number of ether oxygens (including phenoxy) is 1. The van der Waals surface area contributed by atoms with E-state index in [1.54, 1.807) is 30.7 Å². The number of methoxy groups -OCH3 is 1. The van der Waals surface area contributed by atoms with Gasteiger partial charge in [0.15, 0.2) is 11.6 Å². The average molecular weight is 369 g/mol. The first-order valence-electron chi connectivity index (χ1n) is 7.90. The van der Waals surface area contributed by atoms with Crippen molar-refractivity contribution >= 4 is 22.5 Å². The molecule has 0 aliphatic carbocycles. The molecule has 130 valence electrons. The summed E-state index contributed by atoms with van der Waals surface area (Å²) in [5.41, 5.74) is 2.95. The fourth-order valence-electron chi connectivity index (χ4n) is 2.75. The fourth-order valence-corrected chi connectivity index (χ4v) is 2.93. The molecule has 0 atom stereocenters. The lowest BCUT2D eigenvalue weighted by Crippen LogP contribution is -2.04. The summed E-state index contributed by atoms with van der Waals surface area (Å²) in [6.07, 6.45) is 5.06. The van der Waals surface area contributed by atoms with Crippen LogP contribution >= 0.6 is 11.6 Å². The minimum absolute atomic E-state index is 0.198. The summed E-state index contributed by atoms with van der Waals surface area (Å²) in [5, 5.41) is 6.01. The van der Waals surface area contributed by atoms with Crippen molar-refractivity contribution in [3.8, 4) is 17.0 Å².